The van der Waals surface area contributed by atoms with Crippen LogP contribution in [-0.2, 0) is 6.42 Å². The summed E-state index contributed by atoms with van der Waals surface area (Å²) in [7, 11) is 2.13. The lowest BCUT2D eigenvalue weighted by molar-refractivity contribution is 0.152. The van der Waals surface area contributed by atoms with Gasteiger partial charge in [-0.2, -0.15) is 10.1 Å². The van der Waals surface area contributed by atoms with Crippen LogP contribution in [0.5, 0.6) is 0 Å². The molecule has 1 aliphatic rings. The van der Waals surface area contributed by atoms with Crippen molar-refractivity contribution in [1.82, 2.24) is 19.9 Å². The van der Waals surface area contributed by atoms with E-state index in [1.165, 1.54) is 0 Å². The first-order valence-electron chi connectivity index (χ1n) is 5.19. The van der Waals surface area contributed by atoms with Gasteiger partial charge in [0, 0.05) is 39.1 Å². The molecule has 1 N–H and O–H groups in total. The molecular formula is C9H16N4O2. The second-order valence-electron chi connectivity index (χ2n) is 3.91. The average molecular weight is 212 g/mol. The maximum Gasteiger partial charge on any atom is 0.377 e. The highest BCUT2D eigenvalue weighted by molar-refractivity contribution is 4.78. The minimum absolute atomic E-state index is 0.400. The molecule has 0 atom stereocenters. The lowest BCUT2D eigenvalue weighted by Gasteiger charge is -2.31. The highest BCUT2D eigenvalue weighted by Gasteiger charge is 2.14. The monoisotopic (exact) mass is 212 g/mol. The molecule has 6 nitrogen and oxygen atoms in total. The third-order valence-corrected chi connectivity index (χ3v) is 2.72. The van der Waals surface area contributed by atoms with Crippen LogP contribution in [0.1, 0.15) is 5.89 Å². The van der Waals surface area contributed by atoms with E-state index in [9.17, 15) is 4.79 Å². The molecule has 84 valence electrons. The number of aromatic amines is 1. The van der Waals surface area contributed by atoms with Crippen molar-refractivity contribution in [3.63, 3.8) is 0 Å². The van der Waals surface area contributed by atoms with Gasteiger partial charge >= 0.3 is 5.69 Å². The second kappa shape index (κ2) is 4.59. The smallest absolute Gasteiger partial charge is 0.362 e. The molecular weight excluding hydrogens is 196 g/mol. The van der Waals surface area contributed by atoms with Crippen molar-refractivity contribution in [3.05, 3.63) is 16.4 Å². The van der Waals surface area contributed by atoms with Crippen LogP contribution in [-0.4, -0.2) is 59.7 Å². The van der Waals surface area contributed by atoms with Gasteiger partial charge in [-0.25, -0.2) is 4.79 Å². The van der Waals surface area contributed by atoms with Gasteiger partial charge in [-0.15, -0.1) is 0 Å². The van der Waals surface area contributed by atoms with Crippen molar-refractivity contribution in [2.45, 2.75) is 6.42 Å². The Morgan fingerprint density at radius 1 is 1.40 bits per heavy atom. The quantitative estimate of drug-likeness (QED) is 0.707. The summed E-state index contributed by atoms with van der Waals surface area (Å²) >= 11 is 0. The van der Waals surface area contributed by atoms with E-state index in [0.29, 0.717) is 12.3 Å². The van der Waals surface area contributed by atoms with Crippen LogP contribution in [0, 0.1) is 0 Å². The van der Waals surface area contributed by atoms with E-state index in [-0.39, 0.29) is 0 Å². The van der Waals surface area contributed by atoms with Crippen molar-refractivity contribution in [1.29, 1.82) is 0 Å². The predicted octanol–water partition coefficient (Wildman–Crippen LogP) is -0.847. The van der Waals surface area contributed by atoms with Crippen LogP contribution in [0.4, 0.5) is 0 Å². The number of nitrogens with zero attached hydrogens (tertiary/aromatic N) is 3. The lowest BCUT2D eigenvalue weighted by atomic mass is 10.3. The van der Waals surface area contributed by atoms with E-state index in [1.807, 2.05) is 0 Å². The van der Waals surface area contributed by atoms with Crippen molar-refractivity contribution in [3.8, 4) is 0 Å². The number of rotatable bonds is 3. The molecule has 0 aliphatic carbocycles. The van der Waals surface area contributed by atoms with Crippen LogP contribution >= 0.6 is 0 Å². The topological polar surface area (TPSA) is 65.4 Å². The lowest BCUT2D eigenvalue weighted by Crippen LogP contribution is -2.45. The molecule has 0 unspecified atom stereocenters. The molecule has 1 aliphatic heterocycles. The third-order valence-electron chi connectivity index (χ3n) is 2.72. The minimum Gasteiger partial charge on any atom is -0.362 e. The Morgan fingerprint density at radius 3 is 2.73 bits per heavy atom. The largest absolute Gasteiger partial charge is 0.377 e. The van der Waals surface area contributed by atoms with Gasteiger partial charge in [-0.3, -0.25) is 0 Å². The Kier molecular flexibility index (Phi) is 3.17. The summed E-state index contributed by atoms with van der Waals surface area (Å²) in [6, 6.07) is 0. The van der Waals surface area contributed by atoms with E-state index in [4.69, 9.17) is 4.52 Å². The van der Waals surface area contributed by atoms with Gasteiger partial charge < -0.3 is 14.3 Å². The Bertz CT molecular complexity index is 351. The van der Waals surface area contributed by atoms with E-state index in [0.717, 1.165) is 32.7 Å². The Balaban J connectivity index is 1.76. The van der Waals surface area contributed by atoms with Crippen molar-refractivity contribution in [2.24, 2.45) is 0 Å². The van der Waals surface area contributed by atoms with Crippen molar-refractivity contribution >= 4 is 0 Å². The normalized spacial score (nSPS) is 19.5. The fourth-order valence-electron chi connectivity index (χ4n) is 1.69. The molecule has 0 radical (unpaired) electrons. The summed E-state index contributed by atoms with van der Waals surface area (Å²) in [6.45, 7) is 5.26. The zero-order chi connectivity index (χ0) is 10.7. The van der Waals surface area contributed by atoms with E-state index in [2.05, 4.69) is 27.0 Å². The van der Waals surface area contributed by atoms with Crippen LogP contribution in [0.3, 0.4) is 0 Å². The predicted molar refractivity (Wildman–Crippen MR) is 54.8 cm³/mol. The maximum absolute atomic E-state index is 10.7. The average Bonchev–Trinajstić information content (AvgIpc) is 2.64. The fourth-order valence-corrected chi connectivity index (χ4v) is 1.69. The van der Waals surface area contributed by atoms with Gasteiger partial charge in [0.2, 0.25) is 5.89 Å². The molecule has 0 bridgehead atoms. The minimum atomic E-state index is -0.400. The fraction of sp³-hybridized carbons (Fsp3) is 0.778. The molecule has 1 aromatic rings. The summed E-state index contributed by atoms with van der Waals surface area (Å²) in [5, 5.41) is 2.19. The van der Waals surface area contributed by atoms with Gasteiger partial charge in [0.25, 0.3) is 0 Å². The molecule has 1 saturated heterocycles. The second-order valence-corrected chi connectivity index (χ2v) is 3.91. The first kappa shape index (κ1) is 10.4. The summed E-state index contributed by atoms with van der Waals surface area (Å²) in [5.41, 5.74) is -0.400. The van der Waals surface area contributed by atoms with E-state index in [1.54, 1.807) is 0 Å². The molecule has 2 heterocycles. The Labute approximate surface area is 87.8 Å². The molecule has 0 aromatic carbocycles. The van der Waals surface area contributed by atoms with Gasteiger partial charge in [0.15, 0.2) is 0 Å². The van der Waals surface area contributed by atoms with Crippen LogP contribution in [0.15, 0.2) is 9.32 Å². The number of hydrogen-bond donors (Lipinski definition) is 1. The molecule has 2 rings (SSSR count). The number of nitrogens with one attached hydrogen (secondary N) is 1. The molecule has 0 saturated carbocycles. The van der Waals surface area contributed by atoms with Crippen molar-refractivity contribution in [2.75, 3.05) is 39.8 Å². The highest BCUT2D eigenvalue weighted by Crippen LogP contribution is 2.00. The molecule has 1 aromatic heterocycles. The highest BCUT2D eigenvalue weighted by atomic mass is 16.5. The summed E-state index contributed by atoms with van der Waals surface area (Å²) in [5.74, 6) is 0.499. The van der Waals surface area contributed by atoms with Crippen LogP contribution < -0.4 is 5.69 Å². The van der Waals surface area contributed by atoms with Crippen LogP contribution in [0.2, 0.25) is 0 Å². The standard InChI is InChI=1S/C9H16N4O2/c1-12-4-6-13(7-5-12)3-2-8-10-9(14)11-15-8/h2-7H2,1H3,(H,11,14). The van der Waals surface area contributed by atoms with Crippen molar-refractivity contribution < 1.29 is 4.52 Å². The number of hydrogen-bond acceptors (Lipinski definition) is 5. The summed E-state index contributed by atoms with van der Waals surface area (Å²) < 4.78 is 4.89. The Morgan fingerprint density at radius 2 is 2.13 bits per heavy atom. The Hall–Kier alpha value is -1.14. The summed E-state index contributed by atoms with van der Waals surface area (Å²) in [4.78, 5) is 19.1. The van der Waals surface area contributed by atoms with Gasteiger partial charge in [0.05, 0.1) is 0 Å². The first-order chi connectivity index (χ1) is 7.24. The van der Waals surface area contributed by atoms with Gasteiger partial charge in [-0.05, 0) is 7.05 Å². The zero-order valence-corrected chi connectivity index (χ0v) is 8.90. The van der Waals surface area contributed by atoms with Gasteiger partial charge in [-0.1, -0.05) is 0 Å². The number of H-pyrrole nitrogens is 1. The molecule has 1 fully saturated rings. The molecule has 0 amide bonds. The molecule has 15 heavy (non-hydrogen) atoms. The number of aromatic nitrogens is 2. The number of likely N-dealkylation sites (N-methyl/N-ethyl adjacent to an activating group) is 1. The first-order valence-corrected chi connectivity index (χ1v) is 5.19. The zero-order valence-electron chi connectivity index (χ0n) is 8.90. The maximum atomic E-state index is 10.7. The van der Waals surface area contributed by atoms with Crippen LogP contribution in [0.25, 0.3) is 0 Å². The number of piperazine rings is 1. The molecule has 0 spiro atoms. The van der Waals surface area contributed by atoms with Gasteiger partial charge in [0.1, 0.15) is 0 Å². The SMILES string of the molecule is CN1CCN(CCc2nc(=O)[nH]o2)CC1. The summed E-state index contributed by atoms with van der Waals surface area (Å²) in [6.07, 6.45) is 0.697. The van der Waals surface area contributed by atoms with E-state index >= 15 is 0 Å². The molecule has 6 heteroatoms. The van der Waals surface area contributed by atoms with E-state index < -0.39 is 5.69 Å². The third kappa shape index (κ3) is 2.90.